The number of likely N-dealkylation sites (tertiary alicyclic amines) is 2. The summed E-state index contributed by atoms with van der Waals surface area (Å²) in [5.74, 6) is 0.700. The first kappa shape index (κ1) is 15.8. The Morgan fingerprint density at radius 2 is 1.87 bits per heavy atom. The lowest BCUT2D eigenvalue weighted by molar-refractivity contribution is -0.131. The molecule has 3 heterocycles. The second-order valence-electron chi connectivity index (χ2n) is 6.39. The molecule has 3 rings (SSSR count). The molecule has 0 atom stereocenters. The van der Waals surface area contributed by atoms with Crippen molar-refractivity contribution in [2.45, 2.75) is 32.1 Å². The predicted octanol–water partition coefficient (Wildman–Crippen LogP) is 2.34. The Morgan fingerprint density at radius 1 is 1.13 bits per heavy atom. The quantitative estimate of drug-likeness (QED) is 0.931. The van der Waals surface area contributed by atoms with Crippen LogP contribution in [0, 0.1) is 5.92 Å². The molecular weight excluding hydrogens is 292 g/mol. The van der Waals surface area contributed by atoms with E-state index in [4.69, 9.17) is 0 Å². The largest absolute Gasteiger partial charge is 0.343 e. The summed E-state index contributed by atoms with van der Waals surface area (Å²) in [7, 11) is 0. The molecule has 2 saturated heterocycles. The van der Waals surface area contributed by atoms with Gasteiger partial charge in [0.05, 0.1) is 11.9 Å². The predicted molar refractivity (Wildman–Crippen MR) is 88.0 cm³/mol. The molecule has 1 aromatic rings. The standard InChI is InChI=1S/C17H24N4O2/c22-16(20-8-1-2-9-20)12-14-5-10-21(11-6-14)17(23)19-15-4-3-7-18-13-15/h3-4,7,13-14H,1-2,5-6,8-12H2,(H,19,23). The number of carbonyl (C=O) groups is 2. The monoisotopic (exact) mass is 316 g/mol. The average Bonchev–Trinajstić information content (AvgIpc) is 3.11. The van der Waals surface area contributed by atoms with Crippen LogP contribution in [0.1, 0.15) is 32.1 Å². The van der Waals surface area contributed by atoms with Gasteiger partial charge in [-0.15, -0.1) is 0 Å². The van der Waals surface area contributed by atoms with Crippen LogP contribution in [0.5, 0.6) is 0 Å². The Morgan fingerprint density at radius 3 is 2.52 bits per heavy atom. The number of nitrogens with one attached hydrogen (secondary N) is 1. The number of amides is 3. The highest BCUT2D eigenvalue weighted by molar-refractivity contribution is 5.89. The molecule has 2 fully saturated rings. The van der Waals surface area contributed by atoms with E-state index in [2.05, 4.69) is 10.3 Å². The Kier molecular flexibility index (Phi) is 5.10. The van der Waals surface area contributed by atoms with Crippen molar-refractivity contribution >= 4 is 17.6 Å². The van der Waals surface area contributed by atoms with Gasteiger partial charge >= 0.3 is 6.03 Å². The van der Waals surface area contributed by atoms with Crippen molar-refractivity contribution in [1.82, 2.24) is 14.8 Å². The van der Waals surface area contributed by atoms with E-state index < -0.39 is 0 Å². The van der Waals surface area contributed by atoms with Crippen LogP contribution >= 0.6 is 0 Å². The van der Waals surface area contributed by atoms with E-state index in [-0.39, 0.29) is 6.03 Å². The molecule has 124 valence electrons. The third-order valence-electron chi connectivity index (χ3n) is 4.74. The van der Waals surface area contributed by atoms with Gasteiger partial charge in [0.15, 0.2) is 0 Å². The Bertz CT molecular complexity index is 535. The maximum Gasteiger partial charge on any atom is 0.321 e. The van der Waals surface area contributed by atoms with Crippen molar-refractivity contribution in [1.29, 1.82) is 0 Å². The van der Waals surface area contributed by atoms with Gasteiger partial charge < -0.3 is 15.1 Å². The fourth-order valence-corrected chi connectivity index (χ4v) is 3.32. The number of hydrogen-bond donors (Lipinski definition) is 1. The lowest BCUT2D eigenvalue weighted by Gasteiger charge is -2.32. The normalized spacial score (nSPS) is 19.0. The molecule has 0 spiro atoms. The van der Waals surface area contributed by atoms with E-state index in [9.17, 15) is 9.59 Å². The number of hydrogen-bond acceptors (Lipinski definition) is 3. The zero-order valence-electron chi connectivity index (χ0n) is 13.4. The smallest absolute Gasteiger partial charge is 0.321 e. The van der Waals surface area contributed by atoms with Crippen molar-refractivity contribution in [3.63, 3.8) is 0 Å². The van der Waals surface area contributed by atoms with Gasteiger partial charge in [-0.1, -0.05) is 0 Å². The lowest BCUT2D eigenvalue weighted by Crippen LogP contribution is -2.42. The molecule has 3 amide bonds. The van der Waals surface area contributed by atoms with Crippen molar-refractivity contribution in [2.75, 3.05) is 31.5 Å². The van der Waals surface area contributed by atoms with E-state index >= 15 is 0 Å². The van der Waals surface area contributed by atoms with Crippen LogP contribution in [0.3, 0.4) is 0 Å². The molecule has 1 N–H and O–H groups in total. The number of urea groups is 1. The highest BCUT2D eigenvalue weighted by Gasteiger charge is 2.27. The summed E-state index contributed by atoms with van der Waals surface area (Å²) >= 11 is 0. The minimum Gasteiger partial charge on any atom is -0.343 e. The SMILES string of the molecule is O=C(CC1CCN(C(=O)Nc2cccnc2)CC1)N1CCCC1. The minimum atomic E-state index is -0.0812. The fourth-order valence-electron chi connectivity index (χ4n) is 3.32. The van der Waals surface area contributed by atoms with Crippen LogP contribution in [0.2, 0.25) is 0 Å². The number of nitrogens with zero attached hydrogens (tertiary/aromatic N) is 3. The van der Waals surface area contributed by atoms with Crippen molar-refractivity contribution in [3.8, 4) is 0 Å². The molecule has 23 heavy (non-hydrogen) atoms. The molecule has 1 aromatic heterocycles. The van der Waals surface area contributed by atoms with Gasteiger partial charge in [-0.2, -0.15) is 0 Å². The summed E-state index contributed by atoms with van der Waals surface area (Å²) < 4.78 is 0. The van der Waals surface area contributed by atoms with Crippen molar-refractivity contribution < 1.29 is 9.59 Å². The Hall–Kier alpha value is -2.11. The van der Waals surface area contributed by atoms with Crippen molar-refractivity contribution in [3.05, 3.63) is 24.5 Å². The van der Waals surface area contributed by atoms with Crippen molar-refractivity contribution in [2.24, 2.45) is 5.92 Å². The van der Waals surface area contributed by atoms with Crippen LogP contribution in [-0.2, 0) is 4.79 Å². The topological polar surface area (TPSA) is 65.5 Å². The van der Waals surface area contributed by atoms with E-state index in [0.717, 1.165) is 38.8 Å². The summed E-state index contributed by atoms with van der Waals surface area (Å²) in [6.07, 6.45) is 8.04. The molecule has 0 aromatic carbocycles. The third-order valence-corrected chi connectivity index (χ3v) is 4.74. The number of piperidine rings is 1. The van der Waals surface area contributed by atoms with Gasteiger partial charge in [0.1, 0.15) is 0 Å². The lowest BCUT2D eigenvalue weighted by atomic mass is 9.93. The Balaban J connectivity index is 1.42. The number of anilines is 1. The first-order chi connectivity index (χ1) is 11.2. The van der Waals surface area contributed by atoms with Crippen LogP contribution in [-0.4, -0.2) is 52.9 Å². The van der Waals surface area contributed by atoms with Crippen LogP contribution in [0.15, 0.2) is 24.5 Å². The van der Waals surface area contributed by atoms with Gasteiger partial charge in [0.2, 0.25) is 5.91 Å². The molecule has 0 saturated carbocycles. The molecule has 2 aliphatic heterocycles. The van der Waals surface area contributed by atoms with Crippen LogP contribution in [0.25, 0.3) is 0 Å². The number of carbonyl (C=O) groups excluding carboxylic acids is 2. The number of pyridine rings is 1. The van der Waals surface area contributed by atoms with E-state index in [0.29, 0.717) is 37.0 Å². The molecule has 0 unspecified atom stereocenters. The summed E-state index contributed by atoms with van der Waals surface area (Å²) in [4.78, 5) is 32.2. The Labute approximate surface area is 136 Å². The van der Waals surface area contributed by atoms with Gasteiger partial charge in [-0.05, 0) is 43.7 Å². The first-order valence-electron chi connectivity index (χ1n) is 8.46. The fraction of sp³-hybridized carbons (Fsp3) is 0.588. The highest BCUT2D eigenvalue weighted by atomic mass is 16.2. The summed E-state index contributed by atoms with van der Waals surface area (Å²) in [6.45, 7) is 3.27. The highest BCUT2D eigenvalue weighted by Crippen LogP contribution is 2.23. The van der Waals surface area contributed by atoms with E-state index in [1.807, 2.05) is 15.9 Å². The number of aromatic nitrogens is 1. The summed E-state index contributed by atoms with van der Waals surface area (Å²) in [6, 6.07) is 3.54. The molecule has 6 heteroatoms. The first-order valence-corrected chi connectivity index (χ1v) is 8.46. The molecule has 0 radical (unpaired) electrons. The average molecular weight is 316 g/mol. The molecule has 2 aliphatic rings. The van der Waals surface area contributed by atoms with E-state index in [1.54, 1.807) is 18.5 Å². The van der Waals surface area contributed by atoms with Crippen LogP contribution in [0.4, 0.5) is 10.5 Å². The zero-order chi connectivity index (χ0) is 16.1. The van der Waals surface area contributed by atoms with Gasteiger partial charge in [0, 0.05) is 38.8 Å². The molecule has 0 aliphatic carbocycles. The molecular formula is C17H24N4O2. The second kappa shape index (κ2) is 7.44. The zero-order valence-corrected chi connectivity index (χ0v) is 13.4. The summed E-state index contributed by atoms with van der Waals surface area (Å²) in [5.41, 5.74) is 0.712. The minimum absolute atomic E-state index is 0.0812. The number of rotatable bonds is 3. The van der Waals surface area contributed by atoms with Crippen LogP contribution < -0.4 is 5.32 Å². The third kappa shape index (κ3) is 4.21. The van der Waals surface area contributed by atoms with Gasteiger partial charge in [-0.25, -0.2) is 4.79 Å². The second-order valence-corrected chi connectivity index (χ2v) is 6.39. The van der Waals surface area contributed by atoms with E-state index in [1.165, 1.54) is 0 Å². The maximum atomic E-state index is 12.2. The summed E-state index contributed by atoms with van der Waals surface area (Å²) in [5, 5.41) is 2.86. The molecule has 0 bridgehead atoms. The van der Waals surface area contributed by atoms with Gasteiger partial charge in [0.25, 0.3) is 0 Å². The van der Waals surface area contributed by atoms with Gasteiger partial charge in [-0.3, -0.25) is 9.78 Å². The maximum absolute atomic E-state index is 12.2. The molecule has 6 nitrogen and oxygen atoms in total.